The number of aromatic nitrogens is 1. The lowest BCUT2D eigenvalue weighted by Crippen LogP contribution is -2.45. The van der Waals surface area contributed by atoms with Crippen LogP contribution in [0.1, 0.15) is 45.1 Å². The van der Waals surface area contributed by atoms with Crippen LogP contribution in [0.3, 0.4) is 0 Å². The molecule has 1 saturated carbocycles. The predicted molar refractivity (Wildman–Crippen MR) is 77.4 cm³/mol. The first-order valence-corrected chi connectivity index (χ1v) is 7.62. The molecule has 0 aliphatic heterocycles. The zero-order valence-corrected chi connectivity index (χ0v) is 12.8. The molecule has 1 aliphatic carbocycles. The zero-order chi connectivity index (χ0) is 13.2. The van der Waals surface area contributed by atoms with Crippen molar-refractivity contribution in [1.29, 1.82) is 0 Å². The smallest absolute Gasteiger partial charge is 0.0718 e. The summed E-state index contributed by atoms with van der Waals surface area (Å²) >= 11 is 3.44. The molecule has 1 aliphatic rings. The molecule has 0 spiro atoms. The first-order valence-electron chi connectivity index (χ1n) is 6.83. The standard InChI is InChI=1S/C15H22BrNO/c1-11(2)14-5-3-4-6-15(14,18)8-12-7-13(16)10-17-9-12/h7,9-11,14,18H,3-6,8H2,1-2H3. The molecule has 2 nitrogen and oxygen atoms in total. The minimum Gasteiger partial charge on any atom is -0.389 e. The highest BCUT2D eigenvalue weighted by molar-refractivity contribution is 9.10. The van der Waals surface area contributed by atoms with Gasteiger partial charge in [-0.25, -0.2) is 0 Å². The van der Waals surface area contributed by atoms with Gasteiger partial charge in [-0.3, -0.25) is 4.98 Å². The monoisotopic (exact) mass is 311 g/mol. The zero-order valence-electron chi connectivity index (χ0n) is 11.2. The third-order valence-electron chi connectivity index (χ3n) is 4.14. The van der Waals surface area contributed by atoms with E-state index in [1.165, 1.54) is 6.42 Å². The minimum absolute atomic E-state index is 0.408. The van der Waals surface area contributed by atoms with Crippen molar-refractivity contribution in [2.45, 2.75) is 51.6 Å². The number of halogens is 1. The molecule has 2 rings (SSSR count). The van der Waals surface area contributed by atoms with Crippen molar-refractivity contribution in [3.05, 3.63) is 28.5 Å². The maximum absolute atomic E-state index is 11.0. The molecular weight excluding hydrogens is 290 g/mol. The normalized spacial score (nSPS) is 28.6. The number of hydrogen-bond acceptors (Lipinski definition) is 2. The van der Waals surface area contributed by atoms with Crippen LogP contribution in [0.5, 0.6) is 0 Å². The maximum atomic E-state index is 11.0. The second kappa shape index (κ2) is 5.70. The molecule has 1 N–H and O–H groups in total. The Morgan fingerprint density at radius 3 is 2.89 bits per heavy atom. The number of rotatable bonds is 3. The molecule has 0 saturated heterocycles. The van der Waals surface area contributed by atoms with Crippen LogP contribution in [-0.2, 0) is 6.42 Å². The molecule has 1 heterocycles. The third kappa shape index (κ3) is 3.12. The fourth-order valence-electron chi connectivity index (χ4n) is 3.33. The van der Waals surface area contributed by atoms with E-state index in [1.54, 1.807) is 6.20 Å². The van der Waals surface area contributed by atoms with Gasteiger partial charge in [-0.1, -0.05) is 26.7 Å². The highest BCUT2D eigenvalue weighted by Gasteiger charge is 2.40. The molecule has 0 amide bonds. The Morgan fingerprint density at radius 2 is 2.22 bits per heavy atom. The summed E-state index contributed by atoms with van der Waals surface area (Å²) in [5, 5.41) is 11.0. The van der Waals surface area contributed by atoms with Crippen LogP contribution in [0.2, 0.25) is 0 Å². The van der Waals surface area contributed by atoms with Crippen molar-refractivity contribution in [2.75, 3.05) is 0 Å². The molecule has 0 bridgehead atoms. The van der Waals surface area contributed by atoms with E-state index in [1.807, 2.05) is 6.20 Å². The molecule has 0 radical (unpaired) electrons. The van der Waals surface area contributed by atoms with Crippen LogP contribution >= 0.6 is 15.9 Å². The highest BCUT2D eigenvalue weighted by atomic mass is 79.9. The molecule has 18 heavy (non-hydrogen) atoms. The quantitative estimate of drug-likeness (QED) is 0.916. The number of hydrogen-bond donors (Lipinski definition) is 1. The van der Waals surface area contributed by atoms with Gasteiger partial charge in [-0.15, -0.1) is 0 Å². The van der Waals surface area contributed by atoms with Gasteiger partial charge in [0.25, 0.3) is 0 Å². The van der Waals surface area contributed by atoms with Gasteiger partial charge in [0, 0.05) is 23.3 Å². The Kier molecular flexibility index (Phi) is 4.44. The third-order valence-corrected chi connectivity index (χ3v) is 4.58. The maximum Gasteiger partial charge on any atom is 0.0718 e. The molecule has 100 valence electrons. The molecule has 2 atom stereocenters. The van der Waals surface area contributed by atoms with Crippen LogP contribution in [-0.4, -0.2) is 15.7 Å². The van der Waals surface area contributed by atoms with E-state index in [9.17, 15) is 5.11 Å². The van der Waals surface area contributed by atoms with E-state index in [4.69, 9.17) is 0 Å². The minimum atomic E-state index is -0.547. The topological polar surface area (TPSA) is 33.1 Å². The summed E-state index contributed by atoms with van der Waals surface area (Å²) in [4.78, 5) is 4.19. The Balaban J connectivity index is 2.18. The van der Waals surface area contributed by atoms with Gasteiger partial charge in [-0.2, -0.15) is 0 Å². The lowest BCUT2D eigenvalue weighted by atomic mass is 9.68. The summed E-state index contributed by atoms with van der Waals surface area (Å²) in [7, 11) is 0. The van der Waals surface area contributed by atoms with E-state index >= 15 is 0 Å². The summed E-state index contributed by atoms with van der Waals surface area (Å²) in [5.74, 6) is 0.945. The van der Waals surface area contributed by atoms with E-state index in [-0.39, 0.29) is 0 Å². The van der Waals surface area contributed by atoms with Gasteiger partial charge in [0.05, 0.1) is 5.60 Å². The molecule has 1 aromatic rings. The van der Waals surface area contributed by atoms with Gasteiger partial charge in [0.1, 0.15) is 0 Å². The number of pyridine rings is 1. The Hall–Kier alpha value is -0.410. The fourth-order valence-corrected chi connectivity index (χ4v) is 3.74. The van der Waals surface area contributed by atoms with Crippen LogP contribution in [0.4, 0.5) is 0 Å². The van der Waals surface area contributed by atoms with Crippen LogP contribution in [0.25, 0.3) is 0 Å². The van der Waals surface area contributed by atoms with E-state index in [0.29, 0.717) is 11.8 Å². The first-order chi connectivity index (χ1) is 8.51. The Labute approximate surface area is 118 Å². The van der Waals surface area contributed by atoms with Crippen molar-refractivity contribution >= 4 is 15.9 Å². The molecule has 1 fully saturated rings. The van der Waals surface area contributed by atoms with Gasteiger partial charge in [0.15, 0.2) is 0 Å². The number of aliphatic hydroxyl groups is 1. The summed E-state index contributed by atoms with van der Waals surface area (Å²) in [6, 6.07) is 2.07. The van der Waals surface area contributed by atoms with Crippen molar-refractivity contribution < 1.29 is 5.11 Å². The van der Waals surface area contributed by atoms with E-state index < -0.39 is 5.60 Å². The molecular formula is C15H22BrNO. The highest BCUT2D eigenvalue weighted by Crippen LogP contribution is 2.40. The molecule has 3 heteroatoms. The average Bonchev–Trinajstić information content (AvgIpc) is 2.28. The van der Waals surface area contributed by atoms with Gasteiger partial charge < -0.3 is 5.11 Å². The second-order valence-electron chi connectivity index (χ2n) is 5.89. The SMILES string of the molecule is CC(C)C1CCCCC1(O)Cc1cncc(Br)c1. The summed E-state index contributed by atoms with van der Waals surface area (Å²) in [5.41, 5.74) is 0.578. The van der Waals surface area contributed by atoms with E-state index in [0.717, 1.165) is 35.7 Å². The van der Waals surface area contributed by atoms with Crippen molar-refractivity contribution in [3.8, 4) is 0 Å². The number of nitrogens with zero attached hydrogens (tertiary/aromatic N) is 1. The summed E-state index contributed by atoms with van der Waals surface area (Å²) < 4.78 is 0.987. The van der Waals surface area contributed by atoms with Crippen molar-refractivity contribution in [1.82, 2.24) is 4.98 Å². The molecule has 1 aromatic heterocycles. The van der Waals surface area contributed by atoms with Crippen LogP contribution in [0.15, 0.2) is 22.9 Å². The predicted octanol–water partition coefficient (Wildman–Crippen LogP) is 3.96. The Bertz CT molecular complexity index is 407. The van der Waals surface area contributed by atoms with Crippen LogP contribution < -0.4 is 0 Å². The average molecular weight is 312 g/mol. The summed E-state index contributed by atoms with van der Waals surface area (Å²) in [6.07, 6.45) is 8.84. The van der Waals surface area contributed by atoms with Crippen molar-refractivity contribution in [3.63, 3.8) is 0 Å². The molecule has 0 aromatic carbocycles. The van der Waals surface area contributed by atoms with Crippen LogP contribution in [0, 0.1) is 11.8 Å². The Morgan fingerprint density at radius 1 is 1.44 bits per heavy atom. The summed E-state index contributed by atoms with van der Waals surface area (Å²) in [6.45, 7) is 4.44. The van der Waals surface area contributed by atoms with Gasteiger partial charge >= 0.3 is 0 Å². The first kappa shape index (κ1) is 14.0. The second-order valence-corrected chi connectivity index (χ2v) is 6.80. The van der Waals surface area contributed by atoms with Gasteiger partial charge in [-0.05, 0) is 52.2 Å². The lowest BCUT2D eigenvalue weighted by Gasteiger charge is -2.42. The van der Waals surface area contributed by atoms with E-state index in [2.05, 4.69) is 40.8 Å². The van der Waals surface area contributed by atoms with Gasteiger partial charge in [0.2, 0.25) is 0 Å². The fraction of sp³-hybridized carbons (Fsp3) is 0.667. The molecule has 2 unspecified atom stereocenters. The largest absolute Gasteiger partial charge is 0.389 e. The van der Waals surface area contributed by atoms with Crippen molar-refractivity contribution in [2.24, 2.45) is 11.8 Å². The lowest BCUT2D eigenvalue weighted by molar-refractivity contribution is -0.0653.